The number of nitrogens with two attached hydrogens (primary N) is 1. The molecule has 0 radical (unpaired) electrons. The van der Waals surface area contributed by atoms with Crippen LogP contribution in [0.1, 0.15) is 25.7 Å². The zero-order valence-electron chi connectivity index (χ0n) is 8.09. The number of hydrogen-bond acceptors (Lipinski definition) is 5. The second-order valence-corrected chi connectivity index (χ2v) is 4.77. The molecule has 0 spiro atoms. The first kappa shape index (κ1) is 9.92. The van der Waals surface area contributed by atoms with Crippen molar-refractivity contribution in [3.8, 4) is 0 Å². The highest BCUT2D eigenvalue weighted by Gasteiger charge is 2.19. The maximum Gasteiger partial charge on any atom is 0.209 e. The van der Waals surface area contributed by atoms with Crippen molar-refractivity contribution < 1.29 is 0 Å². The lowest BCUT2D eigenvalue weighted by Gasteiger charge is -2.07. The summed E-state index contributed by atoms with van der Waals surface area (Å²) in [5, 5.41) is 13.2. The Hall–Kier alpha value is -0.620. The van der Waals surface area contributed by atoms with E-state index in [4.69, 9.17) is 5.73 Å². The average Bonchev–Trinajstić information content (AvgIpc) is 2.80. The van der Waals surface area contributed by atoms with Gasteiger partial charge in [-0.2, -0.15) is 0 Å². The van der Waals surface area contributed by atoms with Crippen LogP contribution in [-0.4, -0.2) is 32.0 Å². The van der Waals surface area contributed by atoms with Crippen molar-refractivity contribution in [2.24, 2.45) is 5.73 Å². The maximum absolute atomic E-state index is 5.47. The molecule has 5 nitrogen and oxygen atoms in total. The van der Waals surface area contributed by atoms with E-state index in [1.165, 1.54) is 25.7 Å². The fraction of sp³-hybridized carbons (Fsp3) is 0.875. The van der Waals surface area contributed by atoms with Gasteiger partial charge in [-0.05, 0) is 23.3 Å². The topological polar surface area (TPSA) is 69.6 Å². The summed E-state index contributed by atoms with van der Waals surface area (Å²) in [7, 11) is 0. The Bertz CT molecular complexity index is 281. The highest BCUT2D eigenvalue weighted by molar-refractivity contribution is 7.99. The van der Waals surface area contributed by atoms with E-state index in [0.29, 0.717) is 18.3 Å². The van der Waals surface area contributed by atoms with Crippen LogP contribution in [0.5, 0.6) is 0 Å². The molecule has 0 unspecified atom stereocenters. The standard InChI is InChI=1S/C8H15N5S/c9-5-6-13-8(10-11-12-13)14-7-3-1-2-4-7/h7H,1-6,9H2. The minimum absolute atomic E-state index is 0.587. The van der Waals surface area contributed by atoms with Gasteiger partial charge in [0, 0.05) is 11.8 Å². The third kappa shape index (κ3) is 2.24. The summed E-state index contributed by atoms with van der Waals surface area (Å²) in [5.41, 5.74) is 5.47. The normalized spacial score (nSPS) is 17.8. The van der Waals surface area contributed by atoms with Crippen molar-refractivity contribution in [2.45, 2.75) is 42.6 Å². The second-order valence-electron chi connectivity index (χ2n) is 3.50. The van der Waals surface area contributed by atoms with E-state index in [-0.39, 0.29) is 0 Å². The maximum atomic E-state index is 5.47. The lowest BCUT2D eigenvalue weighted by atomic mass is 10.4. The van der Waals surface area contributed by atoms with Gasteiger partial charge in [-0.15, -0.1) is 5.10 Å². The van der Waals surface area contributed by atoms with Crippen molar-refractivity contribution in [3.05, 3.63) is 0 Å². The smallest absolute Gasteiger partial charge is 0.209 e. The number of aromatic nitrogens is 4. The number of rotatable bonds is 4. The first-order valence-electron chi connectivity index (χ1n) is 5.03. The van der Waals surface area contributed by atoms with Gasteiger partial charge in [-0.25, -0.2) is 4.68 Å². The number of tetrazole rings is 1. The molecule has 14 heavy (non-hydrogen) atoms. The summed E-state index contributed by atoms with van der Waals surface area (Å²) in [6.07, 6.45) is 5.27. The third-order valence-electron chi connectivity index (χ3n) is 2.41. The van der Waals surface area contributed by atoms with E-state index in [2.05, 4.69) is 15.5 Å². The summed E-state index contributed by atoms with van der Waals surface area (Å²) >= 11 is 1.80. The Morgan fingerprint density at radius 1 is 1.43 bits per heavy atom. The van der Waals surface area contributed by atoms with E-state index < -0.39 is 0 Å². The first-order chi connectivity index (χ1) is 6.90. The molecule has 1 aromatic heterocycles. The Morgan fingerprint density at radius 2 is 2.21 bits per heavy atom. The van der Waals surface area contributed by atoms with Crippen molar-refractivity contribution in [1.29, 1.82) is 0 Å². The third-order valence-corrected chi connectivity index (χ3v) is 3.72. The van der Waals surface area contributed by atoms with Crippen LogP contribution in [0.3, 0.4) is 0 Å². The fourth-order valence-corrected chi connectivity index (χ4v) is 2.90. The number of thioether (sulfide) groups is 1. The predicted octanol–water partition coefficient (Wildman–Crippen LogP) is 0.666. The lowest BCUT2D eigenvalue weighted by Crippen LogP contribution is -2.13. The second kappa shape index (κ2) is 4.75. The van der Waals surface area contributed by atoms with Crippen molar-refractivity contribution in [2.75, 3.05) is 6.54 Å². The summed E-state index contributed by atoms with van der Waals surface area (Å²) < 4.78 is 1.79. The molecule has 1 heterocycles. The van der Waals surface area contributed by atoms with E-state index in [9.17, 15) is 0 Å². The van der Waals surface area contributed by atoms with Crippen molar-refractivity contribution >= 4 is 11.8 Å². The van der Waals surface area contributed by atoms with Crippen LogP contribution >= 0.6 is 11.8 Å². The molecule has 0 bridgehead atoms. The van der Waals surface area contributed by atoms with Crippen molar-refractivity contribution in [1.82, 2.24) is 20.2 Å². The van der Waals surface area contributed by atoms with E-state index in [1.54, 1.807) is 16.4 Å². The van der Waals surface area contributed by atoms with E-state index in [0.717, 1.165) is 5.16 Å². The largest absolute Gasteiger partial charge is 0.329 e. The molecule has 1 fully saturated rings. The summed E-state index contributed by atoms with van der Waals surface area (Å²) in [6, 6.07) is 0. The van der Waals surface area contributed by atoms with Crippen LogP contribution in [0.4, 0.5) is 0 Å². The predicted molar refractivity (Wildman–Crippen MR) is 55.0 cm³/mol. The summed E-state index contributed by atoms with van der Waals surface area (Å²) in [4.78, 5) is 0. The van der Waals surface area contributed by atoms with Gasteiger partial charge in [0.15, 0.2) is 0 Å². The molecule has 0 amide bonds. The average molecular weight is 213 g/mol. The van der Waals surface area contributed by atoms with E-state index >= 15 is 0 Å². The van der Waals surface area contributed by atoms with Crippen LogP contribution < -0.4 is 5.73 Å². The highest BCUT2D eigenvalue weighted by Crippen LogP contribution is 2.33. The molecule has 0 saturated heterocycles. The molecule has 1 aliphatic carbocycles. The van der Waals surface area contributed by atoms with Gasteiger partial charge in [0.2, 0.25) is 5.16 Å². The monoisotopic (exact) mass is 213 g/mol. The van der Waals surface area contributed by atoms with Gasteiger partial charge in [-0.1, -0.05) is 24.6 Å². The molecule has 2 N–H and O–H groups in total. The van der Waals surface area contributed by atoms with Gasteiger partial charge < -0.3 is 5.73 Å². The Labute approximate surface area is 87.4 Å². The molecule has 0 atom stereocenters. The molecule has 1 saturated carbocycles. The molecule has 0 aliphatic heterocycles. The van der Waals surface area contributed by atoms with Gasteiger partial charge >= 0.3 is 0 Å². The molecule has 78 valence electrons. The summed E-state index contributed by atoms with van der Waals surface area (Å²) in [6.45, 7) is 1.30. The minimum Gasteiger partial charge on any atom is -0.329 e. The number of hydrogen-bond donors (Lipinski definition) is 1. The minimum atomic E-state index is 0.587. The summed E-state index contributed by atoms with van der Waals surface area (Å²) in [5.74, 6) is 0. The Morgan fingerprint density at radius 3 is 2.93 bits per heavy atom. The molecular weight excluding hydrogens is 198 g/mol. The zero-order chi connectivity index (χ0) is 9.80. The SMILES string of the molecule is NCCn1nnnc1SC1CCCC1. The quantitative estimate of drug-likeness (QED) is 0.796. The van der Waals surface area contributed by atoms with Gasteiger partial charge in [-0.3, -0.25) is 0 Å². The number of nitrogens with zero attached hydrogens (tertiary/aromatic N) is 4. The molecule has 2 rings (SSSR count). The van der Waals surface area contributed by atoms with Gasteiger partial charge in [0.25, 0.3) is 0 Å². The Kier molecular flexibility index (Phi) is 3.36. The van der Waals surface area contributed by atoms with Crippen LogP contribution in [0.2, 0.25) is 0 Å². The van der Waals surface area contributed by atoms with Crippen LogP contribution in [0, 0.1) is 0 Å². The highest BCUT2D eigenvalue weighted by atomic mass is 32.2. The molecule has 6 heteroatoms. The zero-order valence-corrected chi connectivity index (χ0v) is 8.91. The van der Waals surface area contributed by atoms with Crippen molar-refractivity contribution in [3.63, 3.8) is 0 Å². The van der Waals surface area contributed by atoms with Crippen LogP contribution in [0.15, 0.2) is 5.16 Å². The van der Waals surface area contributed by atoms with Crippen LogP contribution in [-0.2, 0) is 6.54 Å². The molecule has 1 aromatic rings. The molecule has 0 aromatic carbocycles. The van der Waals surface area contributed by atoms with Gasteiger partial charge in [0.1, 0.15) is 0 Å². The van der Waals surface area contributed by atoms with Crippen LogP contribution in [0.25, 0.3) is 0 Å². The van der Waals surface area contributed by atoms with E-state index in [1.807, 2.05) is 0 Å². The molecule has 1 aliphatic rings. The Balaban J connectivity index is 1.96. The fourth-order valence-electron chi connectivity index (χ4n) is 1.70. The molecular formula is C8H15N5S. The van der Waals surface area contributed by atoms with Gasteiger partial charge in [0.05, 0.1) is 6.54 Å². The lowest BCUT2D eigenvalue weighted by molar-refractivity contribution is 0.556. The first-order valence-corrected chi connectivity index (χ1v) is 5.91.